The highest BCUT2D eigenvalue weighted by Gasteiger charge is 2.60. The number of halogens is 1. The molecule has 0 spiro atoms. The normalized spacial score (nSPS) is 36.4. The van der Waals surface area contributed by atoms with E-state index in [1.54, 1.807) is 6.07 Å². The van der Waals surface area contributed by atoms with Gasteiger partial charge in [0.1, 0.15) is 0 Å². The lowest BCUT2D eigenvalue weighted by atomic mass is 9.49. The Hall–Kier alpha value is -1.55. The SMILES string of the molecule is Cc1ccccc1C(=O)NNC(=O)C12C[C@@H]3C[C@@H](CC(Cl)(C3)C1)C2. The Bertz CT molecular complexity index is 688. The molecule has 5 rings (SSSR count). The van der Waals surface area contributed by atoms with Crippen LogP contribution in [-0.2, 0) is 4.79 Å². The summed E-state index contributed by atoms with van der Waals surface area (Å²) >= 11 is 6.78. The zero-order valence-corrected chi connectivity index (χ0v) is 14.7. The smallest absolute Gasteiger partial charge is 0.269 e. The molecule has 4 fully saturated rings. The first-order valence-corrected chi connectivity index (χ1v) is 9.12. The van der Waals surface area contributed by atoms with Crippen LogP contribution in [-0.4, -0.2) is 16.7 Å². The Morgan fingerprint density at radius 3 is 2.38 bits per heavy atom. The summed E-state index contributed by atoms with van der Waals surface area (Å²) in [6.07, 6.45) is 5.83. The van der Waals surface area contributed by atoms with Gasteiger partial charge in [0.25, 0.3) is 5.91 Å². The summed E-state index contributed by atoms with van der Waals surface area (Å²) in [4.78, 5) is 25.0. The highest BCUT2D eigenvalue weighted by Crippen LogP contribution is 2.63. The highest BCUT2D eigenvalue weighted by atomic mass is 35.5. The number of carbonyl (C=O) groups excluding carboxylic acids is 2. The largest absolute Gasteiger partial charge is 0.273 e. The molecule has 2 N–H and O–H groups in total. The van der Waals surface area contributed by atoms with Crippen molar-refractivity contribution in [2.24, 2.45) is 17.3 Å². The van der Waals surface area contributed by atoms with Crippen molar-refractivity contribution in [3.63, 3.8) is 0 Å². The molecule has 4 aliphatic rings. The van der Waals surface area contributed by atoms with Crippen LogP contribution in [0.15, 0.2) is 24.3 Å². The van der Waals surface area contributed by atoms with Gasteiger partial charge >= 0.3 is 0 Å². The molecule has 128 valence electrons. The summed E-state index contributed by atoms with van der Waals surface area (Å²) in [7, 11) is 0. The molecule has 0 radical (unpaired) electrons. The number of hydrogen-bond acceptors (Lipinski definition) is 2. The predicted molar refractivity (Wildman–Crippen MR) is 92.5 cm³/mol. The zero-order chi connectivity index (χ0) is 16.9. The van der Waals surface area contributed by atoms with Gasteiger partial charge in [-0.15, -0.1) is 11.6 Å². The van der Waals surface area contributed by atoms with Crippen LogP contribution in [0.25, 0.3) is 0 Å². The van der Waals surface area contributed by atoms with Crippen LogP contribution in [0.1, 0.15) is 54.4 Å². The average molecular weight is 347 g/mol. The van der Waals surface area contributed by atoms with E-state index >= 15 is 0 Å². The van der Waals surface area contributed by atoms with Crippen molar-refractivity contribution in [1.29, 1.82) is 0 Å². The number of benzene rings is 1. The number of hydrazine groups is 1. The first kappa shape index (κ1) is 15.9. The number of nitrogens with one attached hydrogen (secondary N) is 2. The highest BCUT2D eigenvalue weighted by molar-refractivity contribution is 6.24. The van der Waals surface area contributed by atoms with Crippen molar-refractivity contribution in [3.8, 4) is 0 Å². The third-order valence-electron chi connectivity index (χ3n) is 6.15. The number of rotatable bonds is 2. The van der Waals surface area contributed by atoms with E-state index in [4.69, 9.17) is 11.6 Å². The molecule has 0 aromatic heterocycles. The number of aryl methyl sites for hydroxylation is 1. The maximum atomic E-state index is 12.9. The van der Waals surface area contributed by atoms with Crippen LogP contribution in [0.2, 0.25) is 0 Å². The van der Waals surface area contributed by atoms with Crippen molar-refractivity contribution < 1.29 is 9.59 Å². The summed E-state index contributed by atoms with van der Waals surface area (Å²) in [6.45, 7) is 1.88. The van der Waals surface area contributed by atoms with Crippen molar-refractivity contribution in [3.05, 3.63) is 35.4 Å². The first-order chi connectivity index (χ1) is 11.4. The molecule has 0 heterocycles. The van der Waals surface area contributed by atoms with Crippen LogP contribution < -0.4 is 10.9 Å². The monoisotopic (exact) mass is 346 g/mol. The third-order valence-corrected chi connectivity index (χ3v) is 6.59. The molecule has 1 aromatic carbocycles. The van der Waals surface area contributed by atoms with E-state index in [0.29, 0.717) is 17.4 Å². The number of alkyl halides is 1. The summed E-state index contributed by atoms with van der Waals surface area (Å²) < 4.78 is 0. The van der Waals surface area contributed by atoms with Gasteiger partial charge in [-0.2, -0.15) is 0 Å². The van der Waals surface area contributed by atoms with Crippen molar-refractivity contribution in [2.75, 3.05) is 0 Å². The fourth-order valence-electron chi connectivity index (χ4n) is 5.56. The molecular formula is C19H23ClN2O2. The van der Waals surface area contributed by atoms with E-state index in [0.717, 1.165) is 37.7 Å². The minimum Gasteiger partial charge on any atom is -0.273 e. The first-order valence-electron chi connectivity index (χ1n) is 8.75. The van der Waals surface area contributed by atoms with Crippen LogP contribution in [0, 0.1) is 24.2 Å². The molecule has 5 heteroatoms. The molecule has 2 unspecified atom stereocenters. The Morgan fingerprint density at radius 2 is 1.75 bits per heavy atom. The van der Waals surface area contributed by atoms with Crippen LogP contribution in [0.5, 0.6) is 0 Å². The second-order valence-electron chi connectivity index (χ2n) is 8.12. The van der Waals surface area contributed by atoms with Gasteiger partial charge in [-0.3, -0.25) is 20.4 Å². The van der Waals surface area contributed by atoms with Crippen LogP contribution in [0.3, 0.4) is 0 Å². The van der Waals surface area contributed by atoms with Gasteiger partial charge in [-0.05, 0) is 68.9 Å². The Kier molecular flexibility index (Phi) is 3.64. The molecule has 4 atom stereocenters. The zero-order valence-electron chi connectivity index (χ0n) is 13.9. The van der Waals surface area contributed by atoms with Gasteiger partial charge in [-0.25, -0.2) is 0 Å². The van der Waals surface area contributed by atoms with Gasteiger partial charge in [0, 0.05) is 10.4 Å². The minimum atomic E-state index is -0.398. The van der Waals surface area contributed by atoms with Crippen LogP contribution in [0.4, 0.5) is 0 Å². The van der Waals surface area contributed by atoms with Crippen molar-refractivity contribution in [1.82, 2.24) is 10.9 Å². The Morgan fingerprint density at radius 1 is 1.08 bits per heavy atom. The van der Waals surface area contributed by atoms with Gasteiger partial charge in [0.05, 0.1) is 5.41 Å². The third kappa shape index (κ3) is 2.61. The number of carbonyl (C=O) groups is 2. The lowest BCUT2D eigenvalue weighted by Crippen LogP contribution is -2.60. The molecule has 0 aliphatic heterocycles. The lowest BCUT2D eigenvalue weighted by molar-refractivity contribution is -0.145. The van der Waals surface area contributed by atoms with E-state index in [2.05, 4.69) is 10.9 Å². The molecule has 4 saturated carbocycles. The molecule has 24 heavy (non-hydrogen) atoms. The van der Waals surface area contributed by atoms with E-state index in [1.807, 2.05) is 25.1 Å². The molecule has 2 amide bonds. The average Bonchev–Trinajstić information content (AvgIpc) is 2.50. The van der Waals surface area contributed by atoms with E-state index < -0.39 is 5.41 Å². The van der Waals surface area contributed by atoms with Crippen LogP contribution >= 0.6 is 11.6 Å². The molecule has 0 saturated heterocycles. The fraction of sp³-hybridized carbons (Fsp3) is 0.579. The summed E-state index contributed by atoms with van der Waals surface area (Å²) in [5, 5.41) is 0. The summed E-state index contributed by atoms with van der Waals surface area (Å²) in [5.74, 6) is 0.776. The topological polar surface area (TPSA) is 58.2 Å². The number of amides is 2. The maximum absolute atomic E-state index is 12.9. The van der Waals surface area contributed by atoms with E-state index in [9.17, 15) is 9.59 Å². The fourth-order valence-corrected chi connectivity index (χ4v) is 6.25. The van der Waals surface area contributed by atoms with Gasteiger partial charge in [-0.1, -0.05) is 18.2 Å². The van der Waals surface area contributed by atoms with E-state index in [-0.39, 0.29) is 16.7 Å². The molecular weight excluding hydrogens is 324 g/mol. The predicted octanol–water partition coefficient (Wildman–Crippen LogP) is 3.33. The summed E-state index contributed by atoms with van der Waals surface area (Å²) in [6, 6.07) is 7.35. The van der Waals surface area contributed by atoms with Gasteiger partial charge in [0.15, 0.2) is 0 Å². The van der Waals surface area contributed by atoms with Gasteiger partial charge < -0.3 is 0 Å². The second kappa shape index (κ2) is 5.48. The number of hydrogen-bond donors (Lipinski definition) is 2. The van der Waals surface area contributed by atoms with Gasteiger partial charge in [0.2, 0.25) is 5.91 Å². The van der Waals surface area contributed by atoms with Crippen molar-refractivity contribution >= 4 is 23.4 Å². The quantitative estimate of drug-likeness (QED) is 0.637. The minimum absolute atomic E-state index is 0.0661. The van der Waals surface area contributed by atoms with E-state index in [1.165, 1.54) is 6.42 Å². The standard InChI is InChI=1S/C19H23ClN2O2/c1-12-4-2-3-5-15(12)16(23)21-22-17(24)18-7-13-6-14(8-18)10-19(20,9-13)11-18/h2-5,13-14H,6-11H2,1H3,(H,21,23)(H,22,24)/t13-,14+,18?,19?. The molecule has 4 nitrogen and oxygen atoms in total. The Balaban J connectivity index is 1.45. The lowest BCUT2D eigenvalue weighted by Gasteiger charge is -2.59. The second-order valence-corrected chi connectivity index (χ2v) is 8.92. The maximum Gasteiger partial charge on any atom is 0.269 e. The summed E-state index contributed by atoms with van der Waals surface area (Å²) in [5.41, 5.74) is 6.35. The molecule has 4 aliphatic carbocycles. The Labute approximate surface area is 147 Å². The van der Waals surface area contributed by atoms with Crippen molar-refractivity contribution in [2.45, 2.75) is 50.3 Å². The molecule has 4 bridgehead atoms. The molecule has 1 aromatic rings.